The monoisotopic (exact) mass is 392 g/mol. The van der Waals surface area contributed by atoms with E-state index in [1.807, 2.05) is 0 Å². The molecule has 0 unspecified atom stereocenters. The van der Waals surface area contributed by atoms with Crippen molar-refractivity contribution in [3.63, 3.8) is 0 Å². The number of rotatable bonds is 4. The number of aliphatic hydroxyl groups excluding tert-OH is 1. The van der Waals surface area contributed by atoms with E-state index < -0.39 is 28.5 Å². The molecule has 1 N–H and O–H groups in total. The fourth-order valence-corrected chi connectivity index (χ4v) is 4.52. The number of anilines is 1. The van der Waals surface area contributed by atoms with E-state index in [-0.39, 0.29) is 24.1 Å². The minimum Gasteiger partial charge on any atom is -0.393 e. The minimum atomic E-state index is -1.12. The summed E-state index contributed by atoms with van der Waals surface area (Å²) in [6.45, 7) is -0.354. The topological polar surface area (TPSA) is 110 Å². The van der Waals surface area contributed by atoms with Gasteiger partial charge < -0.3 is 9.84 Å². The van der Waals surface area contributed by atoms with E-state index in [9.17, 15) is 24.8 Å². The van der Waals surface area contributed by atoms with Gasteiger partial charge in [-0.1, -0.05) is 24.3 Å². The molecule has 0 saturated carbocycles. The van der Waals surface area contributed by atoms with Gasteiger partial charge in [-0.05, 0) is 35.4 Å². The molecule has 0 spiro atoms. The molecular weight excluding hydrogens is 376 g/mol. The number of carbonyl (C=O) groups is 2. The van der Waals surface area contributed by atoms with E-state index in [4.69, 9.17) is 4.74 Å². The van der Waals surface area contributed by atoms with E-state index in [0.29, 0.717) is 5.69 Å². The van der Waals surface area contributed by atoms with Crippen LogP contribution in [0.3, 0.4) is 0 Å². The van der Waals surface area contributed by atoms with E-state index >= 15 is 0 Å². The van der Waals surface area contributed by atoms with Crippen molar-refractivity contribution in [3.05, 3.63) is 70.8 Å². The summed E-state index contributed by atoms with van der Waals surface area (Å²) < 4.78 is 5.73. The largest absolute Gasteiger partial charge is 0.393 e. The highest BCUT2D eigenvalue weighted by Crippen LogP contribution is 2.52. The Kier molecular flexibility index (Phi) is 3.71. The number of ether oxygens (including phenoxy) is 1. The highest BCUT2D eigenvalue weighted by atomic mass is 16.6. The Bertz CT molecular complexity index is 1060. The molecule has 0 aromatic heterocycles. The number of hydrogen-bond acceptors (Lipinski definition) is 6. The summed E-state index contributed by atoms with van der Waals surface area (Å²) >= 11 is 0. The zero-order chi connectivity index (χ0) is 20.3. The van der Waals surface area contributed by atoms with Crippen LogP contribution in [0.2, 0.25) is 0 Å². The second kappa shape index (κ2) is 6.07. The van der Waals surface area contributed by atoms with Crippen LogP contribution in [0.4, 0.5) is 11.4 Å². The standard InChI is InChI=1S/C21H16N2O6/c24-11-21-10-9-16(29-21)17-18(21)20(26)22(19(17)25)14-5-1-12(2-6-14)13-3-7-15(8-4-13)23(27)28/h1-10,16-18,24H,11H2/t16-,17-,18+,21+/m1/s1. The summed E-state index contributed by atoms with van der Waals surface area (Å²) in [5, 5.41) is 20.6. The fraction of sp³-hybridized carbons (Fsp3) is 0.238. The van der Waals surface area contributed by atoms with Crippen molar-refractivity contribution in [2.75, 3.05) is 11.5 Å². The molecule has 0 radical (unpaired) electrons. The van der Waals surface area contributed by atoms with Crippen molar-refractivity contribution < 1.29 is 24.4 Å². The molecule has 8 nitrogen and oxygen atoms in total. The second-order valence-electron chi connectivity index (χ2n) is 7.42. The van der Waals surface area contributed by atoms with Crippen LogP contribution in [0, 0.1) is 22.0 Å². The molecule has 2 fully saturated rings. The molecule has 2 amide bonds. The van der Waals surface area contributed by atoms with E-state index in [1.165, 1.54) is 17.0 Å². The molecule has 29 heavy (non-hydrogen) atoms. The highest BCUT2D eigenvalue weighted by Gasteiger charge is 2.67. The molecule has 2 bridgehead atoms. The Labute approximate surface area is 165 Å². The Morgan fingerprint density at radius 1 is 1.03 bits per heavy atom. The molecule has 0 aliphatic carbocycles. The molecule has 3 aliphatic rings. The van der Waals surface area contributed by atoms with Gasteiger partial charge in [0.05, 0.1) is 35.2 Å². The number of aliphatic hydroxyl groups is 1. The lowest BCUT2D eigenvalue weighted by Crippen LogP contribution is -2.43. The van der Waals surface area contributed by atoms with Gasteiger partial charge in [-0.25, -0.2) is 4.90 Å². The first-order valence-electron chi connectivity index (χ1n) is 9.16. The molecule has 3 aliphatic heterocycles. The lowest BCUT2D eigenvalue weighted by molar-refractivity contribution is -0.384. The molecule has 2 aromatic rings. The van der Waals surface area contributed by atoms with Crippen LogP contribution in [0.5, 0.6) is 0 Å². The van der Waals surface area contributed by atoms with Crippen molar-refractivity contribution in [2.45, 2.75) is 11.7 Å². The van der Waals surface area contributed by atoms with Crippen LogP contribution in [0.1, 0.15) is 0 Å². The maximum atomic E-state index is 13.0. The number of carbonyl (C=O) groups excluding carboxylic acids is 2. The quantitative estimate of drug-likeness (QED) is 0.369. The van der Waals surface area contributed by atoms with Crippen LogP contribution in [-0.2, 0) is 14.3 Å². The van der Waals surface area contributed by atoms with Gasteiger partial charge in [0.1, 0.15) is 5.60 Å². The lowest BCUT2D eigenvalue weighted by atomic mass is 9.77. The third kappa shape index (κ3) is 2.39. The predicted molar refractivity (Wildman–Crippen MR) is 102 cm³/mol. The van der Waals surface area contributed by atoms with Crippen molar-refractivity contribution in [1.82, 2.24) is 0 Å². The Morgan fingerprint density at radius 2 is 1.66 bits per heavy atom. The van der Waals surface area contributed by atoms with Gasteiger partial charge >= 0.3 is 0 Å². The van der Waals surface area contributed by atoms with Crippen LogP contribution >= 0.6 is 0 Å². The summed E-state index contributed by atoms with van der Waals surface area (Å²) in [4.78, 5) is 37.5. The zero-order valence-corrected chi connectivity index (χ0v) is 15.1. The van der Waals surface area contributed by atoms with E-state index in [1.54, 1.807) is 48.6 Å². The summed E-state index contributed by atoms with van der Waals surface area (Å²) in [7, 11) is 0. The van der Waals surface area contributed by atoms with Crippen molar-refractivity contribution in [3.8, 4) is 11.1 Å². The number of nitrogens with zero attached hydrogens (tertiary/aromatic N) is 2. The maximum absolute atomic E-state index is 13.0. The number of nitro groups is 1. The number of hydrogen-bond donors (Lipinski definition) is 1. The van der Waals surface area contributed by atoms with Gasteiger partial charge in [0.15, 0.2) is 0 Å². The van der Waals surface area contributed by atoms with Gasteiger partial charge in [-0.3, -0.25) is 19.7 Å². The molecular formula is C21H16N2O6. The summed E-state index contributed by atoms with van der Waals surface area (Å²) in [5.74, 6) is -2.03. The van der Waals surface area contributed by atoms with Crippen molar-refractivity contribution in [1.29, 1.82) is 0 Å². The normalized spacial score (nSPS) is 29.6. The second-order valence-corrected chi connectivity index (χ2v) is 7.42. The van der Waals surface area contributed by atoms with Crippen LogP contribution in [-0.4, -0.2) is 40.2 Å². The Morgan fingerprint density at radius 3 is 2.24 bits per heavy atom. The van der Waals surface area contributed by atoms with Crippen LogP contribution < -0.4 is 4.90 Å². The fourth-order valence-electron chi connectivity index (χ4n) is 4.52. The van der Waals surface area contributed by atoms with Crippen LogP contribution in [0.15, 0.2) is 60.7 Å². The van der Waals surface area contributed by atoms with Crippen molar-refractivity contribution >= 4 is 23.2 Å². The van der Waals surface area contributed by atoms with Crippen LogP contribution in [0.25, 0.3) is 11.1 Å². The first-order valence-corrected chi connectivity index (χ1v) is 9.16. The maximum Gasteiger partial charge on any atom is 0.269 e. The predicted octanol–water partition coefficient (Wildman–Crippen LogP) is 2.07. The average Bonchev–Trinajstić information content (AvgIpc) is 3.39. The molecule has 4 atom stereocenters. The smallest absolute Gasteiger partial charge is 0.269 e. The van der Waals surface area contributed by atoms with E-state index in [2.05, 4.69) is 0 Å². The number of nitro benzene ring substituents is 1. The van der Waals surface area contributed by atoms with Gasteiger partial charge in [0.25, 0.3) is 5.69 Å². The molecule has 3 heterocycles. The molecule has 2 saturated heterocycles. The van der Waals surface area contributed by atoms with Crippen molar-refractivity contribution in [2.24, 2.45) is 11.8 Å². The van der Waals surface area contributed by atoms with Gasteiger partial charge in [-0.15, -0.1) is 0 Å². The average molecular weight is 392 g/mol. The number of benzene rings is 2. The number of amides is 2. The number of non-ortho nitro benzene ring substituents is 1. The third-order valence-electron chi connectivity index (χ3n) is 5.94. The molecule has 5 rings (SSSR count). The first kappa shape index (κ1) is 17.7. The summed E-state index contributed by atoms with van der Waals surface area (Å²) in [6.07, 6.45) is 2.93. The minimum absolute atomic E-state index is 0.00782. The molecule has 8 heteroatoms. The lowest BCUT2D eigenvalue weighted by Gasteiger charge is -2.26. The molecule has 2 aromatic carbocycles. The van der Waals surface area contributed by atoms with Gasteiger partial charge in [-0.2, -0.15) is 0 Å². The number of fused-ring (bicyclic) bond motifs is 5. The summed E-state index contributed by atoms with van der Waals surface area (Å²) in [5.41, 5.74) is 0.934. The van der Waals surface area contributed by atoms with Gasteiger partial charge in [0.2, 0.25) is 11.8 Å². The SMILES string of the molecule is O=C1[C@H]2[C@@H](C(=O)N1c1ccc(-c3ccc([N+](=O)[O-])cc3)cc1)[C@@]1(CO)C=C[C@H]2O1. The molecule has 146 valence electrons. The first-order chi connectivity index (χ1) is 13.9. The Balaban J connectivity index is 1.43. The summed E-state index contributed by atoms with van der Waals surface area (Å²) in [6, 6.07) is 13.0. The number of imide groups is 1. The van der Waals surface area contributed by atoms with E-state index in [0.717, 1.165) is 11.1 Å². The Hall–Kier alpha value is -3.36. The highest BCUT2D eigenvalue weighted by molar-refractivity contribution is 6.23. The van der Waals surface area contributed by atoms with Gasteiger partial charge in [0, 0.05) is 12.1 Å². The third-order valence-corrected chi connectivity index (χ3v) is 5.94. The zero-order valence-electron chi connectivity index (χ0n) is 15.1.